The van der Waals surface area contributed by atoms with Crippen LogP contribution in [0.4, 0.5) is 0 Å². The zero-order chi connectivity index (χ0) is 10.7. The van der Waals surface area contributed by atoms with Crippen LogP contribution in [0.2, 0.25) is 0 Å². The first-order valence-corrected chi connectivity index (χ1v) is 7.09. The lowest BCUT2D eigenvalue weighted by atomic mass is 9.68. The molecule has 1 nitrogen and oxygen atoms in total. The first-order valence-electron chi connectivity index (χ1n) is 6.29. The minimum Gasteiger partial charge on any atom is -0.364 e. The lowest BCUT2D eigenvalue weighted by Crippen LogP contribution is -2.27. The molecule has 4 rings (SSSR count). The zero-order valence-electron chi connectivity index (χ0n) is 9.16. The van der Waals surface area contributed by atoms with Crippen molar-refractivity contribution in [2.75, 3.05) is 0 Å². The molecule has 84 valence electrons. The van der Waals surface area contributed by atoms with Crippen molar-refractivity contribution in [2.24, 2.45) is 5.92 Å². The Morgan fingerprint density at radius 3 is 2.94 bits per heavy atom. The molecule has 0 amide bonds. The number of ether oxygens (including phenoxy) is 1. The lowest BCUT2D eigenvalue weighted by molar-refractivity contribution is 0.237. The van der Waals surface area contributed by atoms with E-state index >= 15 is 0 Å². The van der Waals surface area contributed by atoms with E-state index in [9.17, 15) is 0 Å². The average molecular weight is 279 g/mol. The summed E-state index contributed by atoms with van der Waals surface area (Å²) in [5, 5.41) is 0. The van der Waals surface area contributed by atoms with Gasteiger partial charge in [-0.15, -0.1) is 0 Å². The van der Waals surface area contributed by atoms with Crippen LogP contribution in [-0.2, 0) is 4.74 Å². The molecule has 1 aromatic carbocycles. The molecule has 1 aromatic rings. The van der Waals surface area contributed by atoms with Gasteiger partial charge in [-0.3, -0.25) is 0 Å². The fourth-order valence-electron chi connectivity index (χ4n) is 3.77. The van der Waals surface area contributed by atoms with E-state index in [1.165, 1.54) is 35.7 Å². The van der Waals surface area contributed by atoms with Gasteiger partial charge in [-0.2, -0.15) is 0 Å². The molecule has 3 aliphatic rings. The van der Waals surface area contributed by atoms with E-state index in [-0.39, 0.29) is 0 Å². The van der Waals surface area contributed by atoms with Crippen LogP contribution in [-0.4, -0.2) is 6.10 Å². The van der Waals surface area contributed by atoms with E-state index in [0.717, 1.165) is 11.8 Å². The number of rotatable bonds is 0. The van der Waals surface area contributed by atoms with Crippen molar-refractivity contribution in [2.45, 2.75) is 43.8 Å². The predicted octanol–water partition coefficient (Wildman–Crippen LogP) is 4.18. The quantitative estimate of drug-likeness (QED) is 0.649. The van der Waals surface area contributed by atoms with Crippen molar-refractivity contribution in [3.63, 3.8) is 0 Å². The Bertz CT molecular complexity index is 442. The summed E-state index contributed by atoms with van der Waals surface area (Å²) in [4.78, 5) is 0. The maximum absolute atomic E-state index is 5.91. The molecule has 0 aromatic heterocycles. The van der Waals surface area contributed by atoms with Crippen LogP contribution in [0.3, 0.4) is 0 Å². The smallest absolute Gasteiger partial charge is 0.110 e. The molecule has 0 N–H and O–H groups in total. The largest absolute Gasteiger partial charge is 0.364 e. The maximum atomic E-state index is 5.91. The van der Waals surface area contributed by atoms with E-state index in [2.05, 4.69) is 34.1 Å². The summed E-state index contributed by atoms with van der Waals surface area (Å²) in [6.45, 7) is 0. The molecule has 0 bridgehead atoms. The molecule has 1 saturated carbocycles. The van der Waals surface area contributed by atoms with Gasteiger partial charge >= 0.3 is 0 Å². The van der Waals surface area contributed by atoms with Gasteiger partial charge < -0.3 is 4.74 Å². The van der Waals surface area contributed by atoms with Gasteiger partial charge in [-0.05, 0) is 47.9 Å². The Balaban J connectivity index is 1.84. The third kappa shape index (κ3) is 1.26. The Morgan fingerprint density at radius 1 is 1.12 bits per heavy atom. The van der Waals surface area contributed by atoms with Gasteiger partial charge in [0.05, 0.1) is 6.10 Å². The molecule has 1 heterocycles. The number of benzene rings is 1. The third-order valence-corrected chi connectivity index (χ3v) is 5.02. The molecular weight excluding hydrogens is 264 g/mol. The summed E-state index contributed by atoms with van der Waals surface area (Å²) in [5.41, 5.74) is 3.04. The molecule has 2 aliphatic carbocycles. The molecule has 4 atom stereocenters. The minimum absolute atomic E-state index is 0.423. The molecule has 0 radical (unpaired) electrons. The van der Waals surface area contributed by atoms with Crippen molar-refractivity contribution in [3.05, 3.63) is 33.8 Å². The predicted molar refractivity (Wildman–Crippen MR) is 66.5 cm³/mol. The molecule has 0 spiro atoms. The van der Waals surface area contributed by atoms with Crippen molar-refractivity contribution >= 4 is 15.9 Å². The standard InChI is InChI=1S/C14H15BrO/c15-8-5-6-10-9-3-1-2-4-11(9)13-14(16-13)12(10)7-8/h5-7,9,11,13-14H,1-4H2/t9-,11-,13-,14+/m0/s1. The zero-order valence-corrected chi connectivity index (χ0v) is 10.7. The molecule has 1 saturated heterocycles. The summed E-state index contributed by atoms with van der Waals surface area (Å²) < 4.78 is 7.10. The monoisotopic (exact) mass is 278 g/mol. The van der Waals surface area contributed by atoms with Crippen LogP contribution in [0.5, 0.6) is 0 Å². The van der Waals surface area contributed by atoms with Gasteiger partial charge in [0.2, 0.25) is 0 Å². The highest BCUT2D eigenvalue weighted by molar-refractivity contribution is 9.10. The summed E-state index contributed by atoms with van der Waals surface area (Å²) >= 11 is 3.57. The van der Waals surface area contributed by atoms with Crippen molar-refractivity contribution in [3.8, 4) is 0 Å². The van der Waals surface area contributed by atoms with Crippen LogP contribution in [0.15, 0.2) is 22.7 Å². The summed E-state index contributed by atoms with van der Waals surface area (Å²) in [6, 6.07) is 6.78. The van der Waals surface area contributed by atoms with Crippen LogP contribution >= 0.6 is 15.9 Å². The molecule has 1 aliphatic heterocycles. The molecule has 16 heavy (non-hydrogen) atoms. The van der Waals surface area contributed by atoms with Crippen molar-refractivity contribution in [1.82, 2.24) is 0 Å². The number of epoxide rings is 1. The van der Waals surface area contributed by atoms with Gasteiger partial charge in [-0.1, -0.05) is 34.8 Å². The third-order valence-electron chi connectivity index (χ3n) is 4.52. The molecule has 2 heteroatoms. The van der Waals surface area contributed by atoms with Crippen LogP contribution in [0.25, 0.3) is 0 Å². The van der Waals surface area contributed by atoms with Gasteiger partial charge in [0, 0.05) is 4.47 Å². The first-order chi connectivity index (χ1) is 7.84. The minimum atomic E-state index is 0.423. The second-order valence-electron chi connectivity index (χ2n) is 5.35. The average Bonchev–Trinajstić information content (AvgIpc) is 3.09. The van der Waals surface area contributed by atoms with Gasteiger partial charge in [0.25, 0.3) is 0 Å². The summed E-state index contributed by atoms with van der Waals surface area (Å²) in [6.07, 6.45) is 6.51. The normalized spacial score (nSPS) is 39.6. The van der Waals surface area contributed by atoms with Gasteiger partial charge in [0.1, 0.15) is 6.10 Å². The highest BCUT2D eigenvalue weighted by atomic mass is 79.9. The SMILES string of the molecule is Brc1ccc2c(c1)[C@H]1O[C@H]1[C@H]1CCCC[C@@H]21. The van der Waals surface area contributed by atoms with Crippen molar-refractivity contribution < 1.29 is 4.74 Å². The fraction of sp³-hybridized carbons (Fsp3) is 0.571. The van der Waals surface area contributed by atoms with Gasteiger partial charge in [-0.25, -0.2) is 0 Å². The number of fused-ring (bicyclic) bond motifs is 6. The van der Waals surface area contributed by atoms with E-state index in [0.29, 0.717) is 12.2 Å². The second kappa shape index (κ2) is 3.33. The van der Waals surface area contributed by atoms with E-state index in [1.54, 1.807) is 5.56 Å². The van der Waals surface area contributed by atoms with E-state index in [1.807, 2.05) is 0 Å². The fourth-order valence-corrected chi connectivity index (χ4v) is 4.15. The highest BCUT2D eigenvalue weighted by Gasteiger charge is 2.54. The number of hydrogen-bond donors (Lipinski definition) is 0. The van der Waals surface area contributed by atoms with Gasteiger partial charge in [0.15, 0.2) is 0 Å². The Hall–Kier alpha value is -0.340. The number of hydrogen-bond acceptors (Lipinski definition) is 1. The second-order valence-corrected chi connectivity index (χ2v) is 6.27. The highest BCUT2D eigenvalue weighted by Crippen LogP contribution is 2.58. The molecule has 0 unspecified atom stereocenters. The maximum Gasteiger partial charge on any atom is 0.110 e. The van der Waals surface area contributed by atoms with Crippen LogP contribution in [0.1, 0.15) is 48.8 Å². The first kappa shape index (κ1) is 9.67. The van der Waals surface area contributed by atoms with E-state index in [4.69, 9.17) is 4.74 Å². The molecular formula is C14H15BrO. The topological polar surface area (TPSA) is 12.5 Å². The summed E-state index contributed by atoms with van der Waals surface area (Å²) in [7, 11) is 0. The van der Waals surface area contributed by atoms with Crippen molar-refractivity contribution in [1.29, 1.82) is 0 Å². The van der Waals surface area contributed by atoms with E-state index < -0.39 is 0 Å². The Kier molecular flexibility index (Phi) is 2.01. The van der Waals surface area contributed by atoms with Crippen LogP contribution in [0, 0.1) is 5.92 Å². The Labute approximate surface area is 104 Å². The lowest BCUT2D eigenvalue weighted by Gasteiger charge is -2.35. The number of halogens is 1. The summed E-state index contributed by atoms with van der Waals surface area (Å²) in [5.74, 6) is 1.59. The Morgan fingerprint density at radius 2 is 2.00 bits per heavy atom. The van der Waals surface area contributed by atoms with Crippen LogP contribution < -0.4 is 0 Å². The molecule has 2 fully saturated rings.